The zero-order valence-electron chi connectivity index (χ0n) is 17.2. The third-order valence-electron chi connectivity index (χ3n) is 5.46. The van der Waals surface area contributed by atoms with E-state index in [4.69, 9.17) is 0 Å². The van der Waals surface area contributed by atoms with E-state index >= 15 is 0 Å². The molecule has 3 aromatic rings. The summed E-state index contributed by atoms with van der Waals surface area (Å²) in [5, 5.41) is 3.07. The van der Waals surface area contributed by atoms with Gasteiger partial charge in [0.25, 0.3) is 5.91 Å². The third kappa shape index (κ3) is 4.24. The summed E-state index contributed by atoms with van der Waals surface area (Å²) in [6, 6.07) is 13.5. The van der Waals surface area contributed by atoms with E-state index in [1.54, 1.807) is 6.07 Å². The van der Waals surface area contributed by atoms with Crippen LogP contribution in [-0.2, 0) is 13.0 Å². The van der Waals surface area contributed by atoms with Crippen LogP contribution in [0.25, 0.3) is 0 Å². The topological polar surface area (TPSA) is 34.0 Å². The van der Waals surface area contributed by atoms with E-state index in [0.29, 0.717) is 17.8 Å². The van der Waals surface area contributed by atoms with E-state index in [-0.39, 0.29) is 11.9 Å². The Bertz CT molecular complexity index is 1030. The van der Waals surface area contributed by atoms with E-state index in [9.17, 15) is 13.6 Å². The Hall–Kier alpha value is -2.95. The summed E-state index contributed by atoms with van der Waals surface area (Å²) in [6.07, 6.45) is 0.789. The van der Waals surface area contributed by atoms with Gasteiger partial charge in [0, 0.05) is 12.2 Å². The second kappa shape index (κ2) is 8.60. The minimum Gasteiger partial charge on any atom is -0.344 e. The molecule has 0 fully saturated rings. The maximum absolute atomic E-state index is 13.7. The first-order valence-corrected chi connectivity index (χ1v) is 9.81. The van der Waals surface area contributed by atoms with Gasteiger partial charge < -0.3 is 9.88 Å². The van der Waals surface area contributed by atoms with E-state index in [1.165, 1.54) is 6.07 Å². The number of hydrogen-bond donors (Lipinski definition) is 1. The Morgan fingerprint density at radius 2 is 1.76 bits per heavy atom. The molecule has 0 bridgehead atoms. The van der Waals surface area contributed by atoms with Crippen molar-refractivity contribution in [2.75, 3.05) is 0 Å². The Kier molecular flexibility index (Phi) is 6.16. The Labute approximate surface area is 170 Å². The fraction of sp³-hybridized carbons (Fsp3) is 0.292. The summed E-state index contributed by atoms with van der Waals surface area (Å²) in [5.41, 5.74) is 5.18. The molecule has 0 spiro atoms. The number of nitrogens with one attached hydrogen (secondary N) is 1. The summed E-state index contributed by atoms with van der Waals surface area (Å²) in [6.45, 7) is 8.19. The molecule has 3 rings (SSSR count). The van der Waals surface area contributed by atoms with Crippen molar-refractivity contribution in [3.63, 3.8) is 0 Å². The Morgan fingerprint density at radius 1 is 1.07 bits per heavy atom. The lowest BCUT2D eigenvalue weighted by Crippen LogP contribution is -2.29. The highest BCUT2D eigenvalue weighted by Crippen LogP contribution is 2.25. The minimum atomic E-state index is -0.886. The second-order valence-corrected chi connectivity index (χ2v) is 7.33. The molecule has 1 N–H and O–H groups in total. The SMILES string of the molecule is CCc1c(C)c(C(=O)N[C@@H](C)c2ccccc2)n(Cc2ccc(F)c(F)c2)c1C. The van der Waals surface area contributed by atoms with Crippen LogP contribution < -0.4 is 5.32 Å². The summed E-state index contributed by atoms with van der Waals surface area (Å²) in [7, 11) is 0. The van der Waals surface area contributed by atoms with Gasteiger partial charge in [-0.25, -0.2) is 8.78 Å². The predicted molar refractivity (Wildman–Crippen MR) is 111 cm³/mol. The highest BCUT2D eigenvalue weighted by molar-refractivity contribution is 5.95. The van der Waals surface area contributed by atoms with Gasteiger partial charge in [0.15, 0.2) is 11.6 Å². The zero-order valence-corrected chi connectivity index (χ0v) is 17.2. The summed E-state index contributed by atoms with van der Waals surface area (Å²) >= 11 is 0. The maximum atomic E-state index is 13.7. The van der Waals surface area contributed by atoms with Gasteiger partial charge in [0.1, 0.15) is 5.69 Å². The van der Waals surface area contributed by atoms with Gasteiger partial charge in [-0.2, -0.15) is 0 Å². The van der Waals surface area contributed by atoms with Crippen LogP contribution in [0.3, 0.4) is 0 Å². The number of carbonyl (C=O) groups excluding carboxylic acids is 1. The molecule has 1 amide bonds. The van der Waals surface area contributed by atoms with Crippen molar-refractivity contribution in [1.82, 2.24) is 9.88 Å². The molecule has 0 aliphatic carbocycles. The van der Waals surface area contributed by atoms with Gasteiger partial charge in [-0.3, -0.25) is 4.79 Å². The zero-order chi connectivity index (χ0) is 21.1. The molecule has 0 unspecified atom stereocenters. The number of amides is 1. The minimum absolute atomic E-state index is 0.153. The fourth-order valence-corrected chi connectivity index (χ4v) is 3.87. The molecule has 29 heavy (non-hydrogen) atoms. The van der Waals surface area contributed by atoms with Crippen molar-refractivity contribution >= 4 is 5.91 Å². The van der Waals surface area contributed by atoms with E-state index in [2.05, 4.69) is 5.32 Å². The molecule has 0 radical (unpaired) electrons. The van der Waals surface area contributed by atoms with Crippen molar-refractivity contribution < 1.29 is 13.6 Å². The van der Waals surface area contributed by atoms with Crippen molar-refractivity contribution in [3.8, 4) is 0 Å². The Morgan fingerprint density at radius 3 is 2.38 bits per heavy atom. The van der Waals surface area contributed by atoms with Crippen molar-refractivity contribution in [2.45, 2.75) is 46.7 Å². The average molecular weight is 396 g/mol. The molecule has 1 heterocycles. The van der Waals surface area contributed by atoms with Gasteiger partial charge >= 0.3 is 0 Å². The molecular formula is C24H26F2N2O. The van der Waals surface area contributed by atoms with Gasteiger partial charge in [0.05, 0.1) is 6.04 Å². The van der Waals surface area contributed by atoms with Crippen LogP contribution in [0.15, 0.2) is 48.5 Å². The maximum Gasteiger partial charge on any atom is 0.268 e. The molecular weight excluding hydrogens is 370 g/mol. The molecule has 0 aliphatic heterocycles. The average Bonchev–Trinajstić information content (AvgIpc) is 2.94. The number of halogens is 2. The van der Waals surface area contributed by atoms with E-state index in [0.717, 1.165) is 34.9 Å². The molecule has 1 atom stereocenters. The smallest absolute Gasteiger partial charge is 0.268 e. The van der Waals surface area contributed by atoms with E-state index in [1.807, 2.05) is 62.6 Å². The van der Waals surface area contributed by atoms with Gasteiger partial charge in [-0.1, -0.05) is 43.3 Å². The van der Waals surface area contributed by atoms with Crippen LogP contribution in [0.4, 0.5) is 8.78 Å². The fourth-order valence-electron chi connectivity index (χ4n) is 3.87. The van der Waals surface area contributed by atoms with Gasteiger partial charge in [0.2, 0.25) is 0 Å². The van der Waals surface area contributed by atoms with Crippen LogP contribution in [-0.4, -0.2) is 10.5 Å². The first kappa shape index (κ1) is 20.8. The number of rotatable bonds is 6. The van der Waals surface area contributed by atoms with Crippen LogP contribution in [0, 0.1) is 25.5 Å². The number of nitrogens with zero attached hydrogens (tertiary/aromatic N) is 1. The molecule has 3 nitrogen and oxygen atoms in total. The quantitative estimate of drug-likeness (QED) is 0.588. The number of benzene rings is 2. The monoisotopic (exact) mass is 396 g/mol. The number of carbonyl (C=O) groups is 1. The molecule has 0 saturated carbocycles. The lowest BCUT2D eigenvalue weighted by Gasteiger charge is -2.17. The molecule has 0 aliphatic rings. The van der Waals surface area contributed by atoms with Crippen LogP contribution in [0.1, 0.15) is 58.3 Å². The third-order valence-corrected chi connectivity index (χ3v) is 5.46. The summed E-state index contributed by atoms with van der Waals surface area (Å²) in [5.74, 6) is -1.94. The normalized spacial score (nSPS) is 12.1. The second-order valence-electron chi connectivity index (χ2n) is 7.33. The van der Waals surface area contributed by atoms with Crippen molar-refractivity contribution in [1.29, 1.82) is 0 Å². The predicted octanol–water partition coefficient (Wildman–Crippen LogP) is 5.48. The van der Waals surface area contributed by atoms with E-state index < -0.39 is 11.6 Å². The number of hydrogen-bond acceptors (Lipinski definition) is 1. The summed E-state index contributed by atoms with van der Waals surface area (Å²) < 4.78 is 28.9. The lowest BCUT2D eigenvalue weighted by atomic mass is 10.1. The first-order chi connectivity index (χ1) is 13.8. The largest absolute Gasteiger partial charge is 0.344 e. The molecule has 152 valence electrons. The van der Waals surface area contributed by atoms with Crippen molar-refractivity contribution in [3.05, 3.63) is 93.8 Å². The Balaban J connectivity index is 1.96. The van der Waals surface area contributed by atoms with Gasteiger partial charge in [-0.05, 0) is 61.6 Å². The van der Waals surface area contributed by atoms with Crippen LogP contribution in [0.2, 0.25) is 0 Å². The molecule has 5 heteroatoms. The van der Waals surface area contributed by atoms with Gasteiger partial charge in [-0.15, -0.1) is 0 Å². The standard InChI is InChI=1S/C24H26F2N2O/c1-5-20-15(2)23(24(29)27-16(3)19-9-7-6-8-10-19)28(17(20)4)14-18-11-12-21(25)22(26)13-18/h6-13,16H,5,14H2,1-4H3,(H,27,29)/t16-/m0/s1. The first-order valence-electron chi connectivity index (χ1n) is 9.81. The van der Waals surface area contributed by atoms with Crippen LogP contribution >= 0.6 is 0 Å². The van der Waals surface area contributed by atoms with Crippen LogP contribution in [0.5, 0.6) is 0 Å². The lowest BCUT2D eigenvalue weighted by molar-refractivity contribution is 0.0930. The highest BCUT2D eigenvalue weighted by atomic mass is 19.2. The highest BCUT2D eigenvalue weighted by Gasteiger charge is 2.23. The summed E-state index contributed by atoms with van der Waals surface area (Å²) in [4.78, 5) is 13.2. The molecule has 1 aromatic heterocycles. The molecule has 0 saturated heterocycles. The number of aromatic nitrogens is 1. The molecule has 2 aromatic carbocycles. The van der Waals surface area contributed by atoms with Crippen molar-refractivity contribution in [2.24, 2.45) is 0 Å².